The Bertz CT molecular complexity index is 1460. The highest BCUT2D eigenvalue weighted by Gasteiger charge is 2.70. The fourth-order valence-corrected chi connectivity index (χ4v) is 13.1. The van der Waals surface area contributed by atoms with Gasteiger partial charge in [0.2, 0.25) is 0 Å². The number of alkyl carbamates (subject to hydrolysis) is 1. The fourth-order valence-electron chi connectivity index (χ4n) is 13.1. The highest BCUT2D eigenvalue weighted by molar-refractivity contribution is 6.02. The van der Waals surface area contributed by atoms with Gasteiger partial charge >= 0.3 is 18.0 Å². The summed E-state index contributed by atoms with van der Waals surface area (Å²) in [7, 11) is 0. The van der Waals surface area contributed by atoms with Crippen LogP contribution in [0.25, 0.3) is 0 Å². The maximum absolute atomic E-state index is 13.9. The number of ether oxygens (including phenoxy) is 2. The van der Waals surface area contributed by atoms with Gasteiger partial charge in [-0.3, -0.25) is 19.3 Å². The maximum Gasteiger partial charge on any atom is 0.407 e. The number of carboxylic acid groups (broad SMARTS) is 1. The van der Waals surface area contributed by atoms with Crippen molar-refractivity contribution in [3.8, 4) is 0 Å². The van der Waals surface area contributed by atoms with Crippen LogP contribution >= 0.6 is 0 Å². The van der Waals surface area contributed by atoms with Gasteiger partial charge in [-0.15, -0.1) is 0 Å². The van der Waals surface area contributed by atoms with Crippen LogP contribution in [0.5, 0.6) is 0 Å². The molecule has 2 N–H and O–H groups in total. The number of Topliss-reactive ketones (excluding diaryl/α,β-unsaturated/α-hetero) is 1. The van der Waals surface area contributed by atoms with Gasteiger partial charge < -0.3 is 19.9 Å². The van der Waals surface area contributed by atoms with Crippen molar-refractivity contribution in [1.82, 2.24) is 10.2 Å². The van der Waals surface area contributed by atoms with Crippen molar-refractivity contribution in [2.75, 3.05) is 26.2 Å². The predicted molar refractivity (Wildman–Crippen MR) is 196 cm³/mol. The lowest BCUT2D eigenvalue weighted by molar-refractivity contribution is -0.232. The summed E-state index contributed by atoms with van der Waals surface area (Å²) in [6.45, 7) is 22.7. The normalized spacial score (nSPS) is 39.1. The average molecular weight is 711 g/mol. The number of nitrogens with zero attached hydrogens (tertiary/aromatic N) is 1. The van der Waals surface area contributed by atoms with E-state index in [0.717, 1.165) is 76.6 Å². The summed E-state index contributed by atoms with van der Waals surface area (Å²) in [5.41, 5.74) is 0.122. The number of fused-ring (bicyclic) bond motifs is 7. The van der Waals surface area contributed by atoms with Gasteiger partial charge in [-0.1, -0.05) is 48.5 Å². The van der Waals surface area contributed by atoms with Crippen molar-refractivity contribution >= 4 is 23.8 Å². The zero-order valence-electron chi connectivity index (χ0n) is 33.0. The molecule has 4 unspecified atom stereocenters. The van der Waals surface area contributed by atoms with Gasteiger partial charge in [-0.25, -0.2) is 4.79 Å². The van der Waals surface area contributed by atoms with E-state index in [1.807, 2.05) is 0 Å². The summed E-state index contributed by atoms with van der Waals surface area (Å²) in [5, 5.41) is 12.9. The zero-order valence-corrected chi connectivity index (χ0v) is 33.0. The molecule has 6 aliphatic rings. The van der Waals surface area contributed by atoms with E-state index in [1.54, 1.807) is 13.8 Å². The van der Waals surface area contributed by atoms with Gasteiger partial charge in [0, 0.05) is 18.4 Å². The Kier molecular flexibility index (Phi) is 9.88. The molecule has 0 aromatic carbocycles. The van der Waals surface area contributed by atoms with Crippen LogP contribution in [-0.2, 0) is 23.9 Å². The van der Waals surface area contributed by atoms with Crippen LogP contribution in [-0.4, -0.2) is 71.7 Å². The first-order valence-corrected chi connectivity index (χ1v) is 20.1. The smallest absolute Gasteiger partial charge is 0.407 e. The molecule has 0 spiro atoms. The van der Waals surface area contributed by atoms with E-state index in [9.17, 15) is 24.3 Å². The molecule has 1 saturated heterocycles. The van der Waals surface area contributed by atoms with Crippen molar-refractivity contribution < 1.29 is 33.8 Å². The second kappa shape index (κ2) is 13.2. The van der Waals surface area contributed by atoms with Crippen LogP contribution in [0.4, 0.5) is 4.79 Å². The van der Waals surface area contributed by atoms with Crippen LogP contribution in [0.2, 0.25) is 0 Å². The molecule has 8 atom stereocenters. The van der Waals surface area contributed by atoms with Gasteiger partial charge in [0.05, 0.1) is 17.4 Å². The number of carbonyl (C=O) groups excluding carboxylic acids is 3. The topological polar surface area (TPSA) is 122 Å². The van der Waals surface area contributed by atoms with E-state index < -0.39 is 29.0 Å². The molecule has 51 heavy (non-hydrogen) atoms. The summed E-state index contributed by atoms with van der Waals surface area (Å²) in [5.74, 6) is -0.0950. The van der Waals surface area contributed by atoms with Crippen molar-refractivity contribution in [2.24, 2.45) is 50.7 Å². The Labute approximate surface area is 306 Å². The molecule has 1 aliphatic heterocycles. The molecule has 286 valence electrons. The number of ketones is 1. The molecule has 0 aromatic rings. The summed E-state index contributed by atoms with van der Waals surface area (Å²) < 4.78 is 11.9. The fraction of sp³-hybridized carbons (Fsp3) is 0.857. The lowest BCUT2D eigenvalue weighted by atomic mass is 9.33. The average Bonchev–Trinajstić information content (AvgIpc) is 3.64. The second-order valence-corrected chi connectivity index (χ2v) is 19.8. The number of carbonyl (C=O) groups is 4. The lowest BCUT2D eigenvalue weighted by Crippen LogP contribution is -2.67. The second-order valence-electron chi connectivity index (χ2n) is 19.8. The van der Waals surface area contributed by atoms with E-state index >= 15 is 0 Å². The number of hydrogen-bond acceptors (Lipinski definition) is 7. The SMILES string of the molecule is CC(C)C1=C2C3CCC4C5(C)CC[C@H](OC(=O)CC(C)(C)C(=O)O)C(C)(C)C5CC[C@@]4(C)[C@]3(C)CC[C@@]2(NC(=O)OCCN2CCCC2)CC1=O. The van der Waals surface area contributed by atoms with E-state index in [0.29, 0.717) is 24.9 Å². The predicted octanol–water partition coefficient (Wildman–Crippen LogP) is 7.95. The summed E-state index contributed by atoms with van der Waals surface area (Å²) >= 11 is 0. The van der Waals surface area contributed by atoms with Gasteiger partial charge in [-0.05, 0) is 142 Å². The van der Waals surface area contributed by atoms with E-state index in [4.69, 9.17) is 9.47 Å². The number of rotatable bonds is 9. The van der Waals surface area contributed by atoms with E-state index in [-0.39, 0.29) is 51.8 Å². The molecule has 6 rings (SSSR count). The van der Waals surface area contributed by atoms with E-state index in [2.05, 4.69) is 58.7 Å². The number of allylic oxidation sites excluding steroid dienone is 1. The zero-order chi connectivity index (χ0) is 37.4. The van der Waals surface area contributed by atoms with Crippen LogP contribution in [0, 0.1) is 50.7 Å². The third-order valence-electron chi connectivity index (χ3n) is 16.0. The Balaban J connectivity index is 1.24. The largest absolute Gasteiger partial charge is 0.481 e. The van der Waals surface area contributed by atoms with Gasteiger partial charge in [0.15, 0.2) is 5.78 Å². The Morgan fingerprint density at radius 2 is 1.61 bits per heavy atom. The minimum absolute atomic E-state index is 0.0370. The molecule has 5 fully saturated rings. The van der Waals surface area contributed by atoms with Crippen LogP contribution < -0.4 is 5.32 Å². The summed E-state index contributed by atoms with van der Waals surface area (Å²) in [6.07, 6.45) is 9.56. The minimum atomic E-state index is -1.17. The van der Waals surface area contributed by atoms with Crippen molar-refractivity contribution in [3.63, 3.8) is 0 Å². The first kappa shape index (κ1) is 38.3. The Morgan fingerprint density at radius 1 is 0.922 bits per heavy atom. The number of likely N-dealkylation sites (tertiary alicyclic amines) is 1. The molecule has 0 aromatic heterocycles. The van der Waals surface area contributed by atoms with Gasteiger partial charge in [0.25, 0.3) is 0 Å². The number of hydrogen-bond donors (Lipinski definition) is 2. The highest BCUT2D eigenvalue weighted by Crippen LogP contribution is 2.76. The highest BCUT2D eigenvalue weighted by atomic mass is 16.6. The van der Waals surface area contributed by atoms with Gasteiger partial charge in [-0.2, -0.15) is 0 Å². The maximum atomic E-state index is 13.9. The summed E-state index contributed by atoms with van der Waals surface area (Å²) in [4.78, 5) is 54.5. The standard InChI is InChI=1S/C42H66N2O7/c1-26(2)33-28(45)24-42(43-36(49)50-23-22-44-20-10-11-21-44)19-18-40(8)27(34(33)42)12-13-30-39(7)16-15-31(51-32(46)25-37(3,4)35(47)48)38(5,6)29(39)14-17-41(30,40)9/h26-27,29-31H,10-25H2,1-9H3,(H,43,49)(H,47,48)/t27?,29?,30?,31-,39?,40+,41+,42+/m0/s1. The molecule has 5 aliphatic carbocycles. The van der Waals surface area contributed by atoms with Crippen molar-refractivity contribution in [2.45, 2.75) is 151 Å². The number of aliphatic carboxylic acids is 1. The van der Waals surface area contributed by atoms with Crippen molar-refractivity contribution in [3.05, 3.63) is 11.1 Å². The summed E-state index contributed by atoms with van der Waals surface area (Å²) in [6, 6.07) is 0. The molecule has 0 bridgehead atoms. The van der Waals surface area contributed by atoms with Gasteiger partial charge in [0.1, 0.15) is 12.7 Å². The number of carboxylic acids is 1. The molecule has 9 heteroatoms. The molecular formula is C42H66N2O7. The first-order chi connectivity index (χ1) is 23.7. The van der Waals surface area contributed by atoms with E-state index in [1.165, 1.54) is 18.4 Å². The number of nitrogens with one attached hydrogen (secondary N) is 1. The number of esters is 1. The quantitative estimate of drug-likeness (QED) is 0.231. The third kappa shape index (κ3) is 6.17. The molecular weight excluding hydrogens is 644 g/mol. The van der Waals surface area contributed by atoms with Crippen molar-refractivity contribution in [1.29, 1.82) is 0 Å². The van der Waals surface area contributed by atoms with Crippen LogP contribution in [0.3, 0.4) is 0 Å². The lowest BCUT2D eigenvalue weighted by Gasteiger charge is -2.72. The molecule has 0 radical (unpaired) electrons. The molecule has 4 saturated carbocycles. The van der Waals surface area contributed by atoms with Crippen LogP contribution in [0.1, 0.15) is 139 Å². The molecule has 1 heterocycles. The molecule has 1 amide bonds. The Morgan fingerprint density at radius 3 is 2.25 bits per heavy atom. The Hall–Kier alpha value is -2.42. The van der Waals surface area contributed by atoms with Crippen LogP contribution in [0.15, 0.2) is 11.1 Å². The third-order valence-corrected chi connectivity index (χ3v) is 16.0. The monoisotopic (exact) mass is 710 g/mol. The molecule has 9 nitrogen and oxygen atoms in total. The number of amides is 1. The minimum Gasteiger partial charge on any atom is -0.481 e. The first-order valence-electron chi connectivity index (χ1n) is 20.1.